The molecule has 94 valence electrons. The molecule has 3 atom stereocenters. The van der Waals surface area contributed by atoms with Crippen molar-refractivity contribution in [1.29, 1.82) is 0 Å². The number of halogens is 1. The Hall–Kier alpha value is -0.680. The van der Waals surface area contributed by atoms with Crippen molar-refractivity contribution in [3.05, 3.63) is 0 Å². The first-order chi connectivity index (χ1) is 7.33. The number of carbonyl (C=O) groups excluding carboxylic acids is 1. The molecule has 1 heterocycles. The van der Waals surface area contributed by atoms with Gasteiger partial charge in [-0.2, -0.15) is 0 Å². The second-order valence-electron chi connectivity index (χ2n) is 5.00. The van der Waals surface area contributed by atoms with Crippen molar-refractivity contribution in [2.24, 2.45) is 0 Å². The van der Waals surface area contributed by atoms with Crippen LogP contribution < -0.4 is 5.32 Å². The van der Waals surface area contributed by atoms with Gasteiger partial charge in [-0.3, -0.25) is 10.1 Å². The normalized spacial score (nSPS) is 31.2. The van der Waals surface area contributed by atoms with Gasteiger partial charge < -0.3 is 9.47 Å². The van der Waals surface area contributed by atoms with Crippen LogP contribution in [0.3, 0.4) is 0 Å². The SMILES string of the molecule is COC1NC(C(=O)OC(C)(C)C)CCC1F. The van der Waals surface area contributed by atoms with E-state index in [9.17, 15) is 9.18 Å². The molecule has 1 rings (SSSR count). The summed E-state index contributed by atoms with van der Waals surface area (Å²) >= 11 is 0. The van der Waals surface area contributed by atoms with E-state index in [0.29, 0.717) is 12.8 Å². The molecule has 0 aromatic carbocycles. The summed E-state index contributed by atoms with van der Waals surface area (Å²) < 4.78 is 23.4. The van der Waals surface area contributed by atoms with Gasteiger partial charge in [-0.05, 0) is 33.6 Å². The zero-order valence-electron chi connectivity index (χ0n) is 10.2. The van der Waals surface area contributed by atoms with Crippen LogP contribution in [0.4, 0.5) is 4.39 Å². The number of alkyl halides is 1. The van der Waals surface area contributed by atoms with Crippen LogP contribution in [0.15, 0.2) is 0 Å². The molecule has 0 bridgehead atoms. The van der Waals surface area contributed by atoms with Crippen LogP contribution >= 0.6 is 0 Å². The van der Waals surface area contributed by atoms with Crippen molar-refractivity contribution in [3.63, 3.8) is 0 Å². The fourth-order valence-electron chi connectivity index (χ4n) is 1.64. The molecule has 3 unspecified atom stereocenters. The van der Waals surface area contributed by atoms with E-state index in [2.05, 4.69) is 5.32 Å². The zero-order valence-corrected chi connectivity index (χ0v) is 10.2. The molecule has 1 fully saturated rings. The number of piperidine rings is 1. The van der Waals surface area contributed by atoms with Gasteiger partial charge in [-0.15, -0.1) is 0 Å². The van der Waals surface area contributed by atoms with Crippen LogP contribution in [-0.4, -0.2) is 37.1 Å². The first kappa shape index (κ1) is 13.4. The van der Waals surface area contributed by atoms with E-state index in [1.165, 1.54) is 7.11 Å². The van der Waals surface area contributed by atoms with Crippen LogP contribution in [0.5, 0.6) is 0 Å². The topological polar surface area (TPSA) is 47.6 Å². The molecule has 16 heavy (non-hydrogen) atoms. The molecule has 0 aromatic heterocycles. The Morgan fingerprint density at radius 1 is 1.38 bits per heavy atom. The molecule has 0 aliphatic carbocycles. The van der Waals surface area contributed by atoms with Gasteiger partial charge in [0.25, 0.3) is 0 Å². The first-order valence-corrected chi connectivity index (χ1v) is 5.49. The highest BCUT2D eigenvalue weighted by atomic mass is 19.1. The van der Waals surface area contributed by atoms with Crippen molar-refractivity contribution in [2.45, 2.75) is 57.7 Å². The third-order valence-electron chi connectivity index (χ3n) is 2.37. The van der Waals surface area contributed by atoms with Crippen molar-refractivity contribution < 1.29 is 18.7 Å². The molecule has 1 N–H and O–H groups in total. The second-order valence-corrected chi connectivity index (χ2v) is 5.00. The Labute approximate surface area is 95.5 Å². The molecule has 5 heteroatoms. The van der Waals surface area contributed by atoms with Gasteiger partial charge in [0.05, 0.1) is 0 Å². The highest BCUT2D eigenvalue weighted by Gasteiger charge is 2.35. The maximum atomic E-state index is 13.3. The molecule has 0 aromatic rings. The number of ether oxygens (including phenoxy) is 2. The van der Waals surface area contributed by atoms with E-state index in [1.54, 1.807) is 20.8 Å². The van der Waals surface area contributed by atoms with Crippen LogP contribution in [-0.2, 0) is 14.3 Å². The van der Waals surface area contributed by atoms with Crippen LogP contribution in [0.1, 0.15) is 33.6 Å². The molecule has 4 nitrogen and oxygen atoms in total. The minimum absolute atomic E-state index is 0.315. The lowest BCUT2D eigenvalue weighted by Gasteiger charge is -2.32. The summed E-state index contributed by atoms with van der Waals surface area (Å²) in [7, 11) is 1.42. The molecular weight excluding hydrogens is 213 g/mol. The highest BCUT2D eigenvalue weighted by Crippen LogP contribution is 2.19. The summed E-state index contributed by atoms with van der Waals surface area (Å²) in [6, 6.07) is -0.476. The number of esters is 1. The van der Waals surface area contributed by atoms with Crippen molar-refractivity contribution in [1.82, 2.24) is 5.32 Å². The Bertz CT molecular complexity index is 252. The van der Waals surface area contributed by atoms with E-state index in [1.807, 2.05) is 0 Å². The highest BCUT2D eigenvalue weighted by molar-refractivity contribution is 5.76. The minimum Gasteiger partial charge on any atom is -0.459 e. The number of methoxy groups -OCH3 is 1. The van der Waals surface area contributed by atoms with Gasteiger partial charge in [-0.25, -0.2) is 4.39 Å². The fraction of sp³-hybridized carbons (Fsp3) is 0.909. The lowest BCUT2D eigenvalue weighted by molar-refractivity contribution is -0.161. The lowest BCUT2D eigenvalue weighted by Crippen LogP contribution is -2.54. The van der Waals surface area contributed by atoms with Crippen LogP contribution in [0.2, 0.25) is 0 Å². The monoisotopic (exact) mass is 233 g/mol. The Kier molecular flexibility index (Phi) is 4.27. The molecular formula is C11H20FNO3. The number of nitrogens with one attached hydrogen (secondary N) is 1. The molecule has 1 saturated heterocycles. The number of carbonyl (C=O) groups is 1. The summed E-state index contributed by atoms with van der Waals surface area (Å²) in [5.41, 5.74) is -0.520. The van der Waals surface area contributed by atoms with Crippen molar-refractivity contribution in [3.8, 4) is 0 Å². The van der Waals surface area contributed by atoms with Gasteiger partial charge in [0, 0.05) is 7.11 Å². The molecule has 0 radical (unpaired) electrons. The quantitative estimate of drug-likeness (QED) is 0.732. The molecule has 0 spiro atoms. The summed E-state index contributed by atoms with van der Waals surface area (Å²) in [6.07, 6.45) is -1.03. The summed E-state index contributed by atoms with van der Waals surface area (Å²) in [4.78, 5) is 11.7. The van der Waals surface area contributed by atoms with Crippen LogP contribution in [0.25, 0.3) is 0 Å². The number of hydrogen-bond acceptors (Lipinski definition) is 4. The minimum atomic E-state index is -1.07. The van der Waals surface area contributed by atoms with E-state index in [4.69, 9.17) is 9.47 Å². The summed E-state index contributed by atoms with van der Waals surface area (Å²) in [5, 5.41) is 2.80. The molecule has 0 saturated carbocycles. The van der Waals surface area contributed by atoms with E-state index < -0.39 is 24.0 Å². The van der Waals surface area contributed by atoms with Gasteiger partial charge in [0.15, 0.2) is 0 Å². The predicted molar refractivity (Wildman–Crippen MR) is 57.7 cm³/mol. The standard InChI is InChI=1S/C11H20FNO3/c1-11(2,3)16-10(14)8-6-5-7(12)9(13-8)15-4/h7-9,13H,5-6H2,1-4H3. The zero-order chi connectivity index (χ0) is 12.3. The summed E-state index contributed by atoms with van der Waals surface area (Å²) in [5.74, 6) is -0.346. The van der Waals surface area contributed by atoms with Gasteiger partial charge in [0.1, 0.15) is 24.0 Å². The second kappa shape index (κ2) is 5.10. The number of hydrogen-bond donors (Lipinski definition) is 1. The molecule has 1 aliphatic heterocycles. The third kappa shape index (κ3) is 3.72. The molecule has 1 aliphatic rings. The average Bonchev–Trinajstić information content (AvgIpc) is 2.15. The maximum absolute atomic E-state index is 13.3. The summed E-state index contributed by atoms with van der Waals surface area (Å²) in [6.45, 7) is 5.42. The average molecular weight is 233 g/mol. The first-order valence-electron chi connectivity index (χ1n) is 5.49. The number of rotatable bonds is 2. The Morgan fingerprint density at radius 3 is 2.50 bits per heavy atom. The van der Waals surface area contributed by atoms with E-state index >= 15 is 0 Å². The smallest absolute Gasteiger partial charge is 0.323 e. The van der Waals surface area contributed by atoms with E-state index in [0.717, 1.165) is 0 Å². The Morgan fingerprint density at radius 2 is 2.00 bits per heavy atom. The van der Waals surface area contributed by atoms with Gasteiger partial charge >= 0.3 is 5.97 Å². The lowest BCUT2D eigenvalue weighted by atomic mass is 10.0. The predicted octanol–water partition coefficient (Wildman–Crippen LogP) is 1.39. The maximum Gasteiger partial charge on any atom is 0.323 e. The van der Waals surface area contributed by atoms with Gasteiger partial charge in [0.2, 0.25) is 0 Å². The Balaban J connectivity index is 2.52. The van der Waals surface area contributed by atoms with Crippen molar-refractivity contribution >= 4 is 5.97 Å². The largest absolute Gasteiger partial charge is 0.459 e. The van der Waals surface area contributed by atoms with Crippen molar-refractivity contribution in [2.75, 3.05) is 7.11 Å². The van der Waals surface area contributed by atoms with E-state index in [-0.39, 0.29) is 5.97 Å². The van der Waals surface area contributed by atoms with Gasteiger partial charge in [-0.1, -0.05) is 0 Å². The molecule has 0 amide bonds. The van der Waals surface area contributed by atoms with Crippen LogP contribution in [0, 0.1) is 0 Å². The third-order valence-corrected chi connectivity index (χ3v) is 2.37. The fourth-order valence-corrected chi connectivity index (χ4v) is 1.64.